The third-order valence-electron chi connectivity index (χ3n) is 4.70. The molecule has 0 unspecified atom stereocenters. The van der Waals surface area contributed by atoms with Gasteiger partial charge in [-0.1, -0.05) is 30.8 Å². The lowest BCUT2D eigenvalue weighted by molar-refractivity contribution is 0.0964. The van der Waals surface area contributed by atoms with Crippen molar-refractivity contribution in [3.05, 3.63) is 66.2 Å². The average Bonchev–Trinajstić information content (AvgIpc) is 2.76. The summed E-state index contributed by atoms with van der Waals surface area (Å²) in [5, 5.41) is 16.8. The maximum Gasteiger partial charge on any atom is 0.253 e. The molecule has 3 aromatic carbocycles. The number of anilines is 2. The average molecular weight is 386 g/mol. The van der Waals surface area contributed by atoms with Crippen LogP contribution in [0.25, 0.3) is 21.9 Å². The largest absolute Gasteiger partial charge is 0.495 e. The van der Waals surface area contributed by atoms with Crippen LogP contribution in [0.5, 0.6) is 5.75 Å². The van der Waals surface area contributed by atoms with Gasteiger partial charge in [-0.05, 0) is 40.8 Å². The van der Waals surface area contributed by atoms with Crippen LogP contribution < -0.4 is 21.1 Å². The molecule has 0 fully saturated rings. The zero-order valence-corrected chi connectivity index (χ0v) is 16.4. The third kappa shape index (κ3) is 3.99. The zero-order valence-electron chi connectivity index (χ0n) is 16.4. The van der Waals surface area contributed by atoms with E-state index in [9.17, 15) is 4.79 Å². The Balaban J connectivity index is 2.13. The van der Waals surface area contributed by atoms with Crippen molar-refractivity contribution >= 4 is 28.1 Å². The summed E-state index contributed by atoms with van der Waals surface area (Å²) in [7, 11) is 3.18. The van der Waals surface area contributed by atoms with Gasteiger partial charge in [0, 0.05) is 30.2 Å². The highest BCUT2D eigenvalue weighted by molar-refractivity contribution is 6.02. The highest BCUT2D eigenvalue weighted by Gasteiger charge is 2.13. The van der Waals surface area contributed by atoms with E-state index in [1.165, 1.54) is 0 Å². The molecule has 0 aromatic heterocycles. The Kier molecular flexibility index (Phi) is 5.70. The van der Waals surface area contributed by atoms with Crippen molar-refractivity contribution in [1.29, 1.82) is 5.26 Å². The molecular weight excluding hydrogens is 364 g/mol. The minimum absolute atomic E-state index is 0.232. The van der Waals surface area contributed by atoms with Gasteiger partial charge >= 0.3 is 0 Å². The SMILES string of the molecule is C=C(C#N)CNc1c(OC)ccc2ccc(-c3ccc(N)c(C(=O)NC)c3)cc12. The molecule has 4 N–H and O–H groups in total. The van der Waals surface area contributed by atoms with Crippen molar-refractivity contribution in [3.8, 4) is 22.9 Å². The number of fused-ring (bicyclic) bond motifs is 1. The van der Waals surface area contributed by atoms with Gasteiger partial charge in [0.05, 0.1) is 24.4 Å². The fourth-order valence-electron chi connectivity index (χ4n) is 3.13. The molecule has 0 saturated heterocycles. The van der Waals surface area contributed by atoms with Crippen LogP contribution >= 0.6 is 0 Å². The second-order valence-electron chi connectivity index (χ2n) is 6.53. The van der Waals surface area contributed by atoms with Gasteiger partial charge in [-0.3, -0.25) is 4.79 Å². The molecule has 0 atom stereocenters. The summed E-state index contributed by atoms with van der Waals surface area (Å²) in [5.41, 5.74) is 9.82. The molecular formula is C23H22N4O2. The first-order chi connectivity index (χ1) is 14.0. The van der Waals surface area contributed by atoms with Gasteiger partial charge in [-0.15, -0.1) is 0 Å². The molecule has 1 amide bonds. The molecule has 0 saturated carbocycles. The van der Waals surface area contributed by atoms with E-state index in [0.29, 0.717) is 29.1 Å². The first-order valence-corrected chi connectivity index (χ1v) is 9.03. The van der Waals surface area contributed by atoms with Gasteiger partial charge in [-0.25, -0.2) is 0 Å². The van der Waals surface area contributed by atoms with Gasteiger partial charge in [0.2, 0.25) is 0 Å². The van der Waals surface area contributed by atoms with Crippen LogP contribution in [0.2, 0.25) is 0 Å². The fraction of sp³-hybridized carbons (Fsp3) is 0.130. The van der Waals surface area contributed by atoms with E-state index in [4.69, 9.17) is 15.7 Å². The quantitative estimate of drug-likeness (QED) is 0.440. The van der Waals surface area contributed by atoms with Crippen LogP contribution in [0.3, 0.4) is 0 Å². The van der Waals surface area contributed by atoms with E-state index in [1.807, 2.05) is 42.5 Å². The van der Waals surface area contributed by atoms with E-state index in [2.05, 4.69) is 17.2 Å². The van der Waals surface area contributed by atoms with Gasteiger partial charge in [0.1, 0.15) is 5.75 Å². The van der Waals surface area contributed by atoms with E-state index in [1.54, 1.807) is 26.3 Å². The number of nitrogens with one attached hydrogen (secondary N) is 2. The minimum Gasteiger partial charge on any atom is -0.495 e. The van der Waals surface area contributed by atoms with Gasteiger partial charge < -0.3 is 21.1 Å². The number of carbonyl (C=O) groups is 1. The van der Waals surface area contributed by atoms with Crippen LogP contribution in [0.1, 0.15) is 10.4 Å². The number of ether oxygens (including phenoxy) is 1. The van der Waals surface area contributed by atoms with Crippen LogP contribution in [-0.2, 0) is 0 Å². The number of nitrogen functional groups attached to an aromatic ring is 1. The number of nitrogens with two attached hydrogens (primary N) is 1. The summed E-state index contributed by atoms with van der Waals surface area (Å²) in [6.45, 7) is 4.04. The van der Waals surface area contributed by atoms with E-state index >= 15 is 0 Å². The maximum atomic E-state index is 12.1. The normalized spacial score (nSPS) is 10.2. The number of hydrogen-bond acceptors (Lipinski definition) is 5. The highest BCUT2D eigenvalue weighted by Crippen LogP contribution is 2.36. The predicted octanol–water partition coefficient (Wildman–Crippen LogP) is 3.95. The number of nitriles is 1. The van der Waals surface area contributed by atoms with Crippen molar-refractivity contribution in [2.24, 2.45) is 0 Å². The summed E-state index contributed by atoms with van der Waals surface area (Å²) in [5.74, 6) is 0.438. The summed E-state index contributed by atoms with van der Waals surface area (Å²) in [6.07, 6.45) is 0. The number of benzene rings is 3. The molecule has 0 aliphatic carbocycles. The van der Waals surface area contributed by atoms with Gasteiger partial charge in [-0.2, -0.15) is 5.26 Å². The molecule has 0 aliphatic rings. The van der Waals surface area contributed by atoms with Crippen molar-refractivity contribution in [1.82, 2.24) is 5.32 Å². The summed E-state index contributed by atoms with van der Waals surface area (Å²) in [6, 6.07) is 17.3. The summed E-state index contributed by atoms with van der Waals surface area (Å²) < 4.78 is 5.50. The topological polar surface area (TPSA) is 100 Å². The first-order valence-electron chi connectivity index (χ1n) is 9.03. The zero-order chi connectivity index (χ0) is 21.0. The van der Waals surface area contributed by atoms with Crippen LogP contribution in [0.15, 0.2) is 60.7 Å². The van der Waals surface area contributed by atoms with E-state index in [-0.39, 0.29) is 5.91 Å². The Bertz CT molecular complexity index is 1150. The van der Waals surface area contributed by atoms with Crippen molar-refractivity contribution in [3.63, 3.8) is 0 Å². The monoisotopic (exact) mass is 386 g/mol. The Labute approximate surface area is 169 Å². The van der Waals surface area contributed by atoms with Crippen molar-refractivity contribution in [2.75, 3.05) is 31.8 Å². The molecule has 0 aliphatic heterocycles. The Morgan fingerprint density at radius 2 is 1.86 bits per heavy atom. The lowest BCUT2D eigenvalue weighted by Crippen LogP contribution is -2.19. The number of rotatable bonds is 6. The third-order valence-corrected chi connectivity index (χ3v) is 4.70. The molecule has 6 nitrogen and oxygen atoms in total. The Hall–Kier alpha value is -3.98. The molecule has 0 heterocycles. The van der Waals surface area contributed by atoms with E-state index in [0.717, 1.165) is 27.6 Å². The first kappa shape index (κ1) is 19.8. The molecule has 146 valence electrons. The lowest BCUT2D eigenvalue weighted by atomic mass is 9.97. The number of nitrogens with zero attached hydrogens (tertiary/aromatic N) is 1. The molecule has 3 rings (SSSR count). The van der Waals surface area contributed by atoms with E-state index < -0.39 is 0 Å². The number of hydrogen-bond donors (Lipinski definition) is 3. The molecule has 0 spiro atoms. The highest BCUT2D eigenvalue weighted by atomic mass is 16.5. The second-order valence-corrected chi connectivity index (χ2v) is 6.53. The van der Waals surface area contributed by atoms with Gasteiger partial charge in [0.15, 0.2) is 0 Å². The summed E-state index contributed by atoms with van der Waals surface area (Å²) in [4.78, 5) is 12.1. The number of methoxy groups -OCH3 is 1. The lowest BCUT2D eigenvalue weighted by Gasteiger charge is -2.15. The van der Waals surface area contributed by atoms with Crippen molar-refractivity contribution in [2.45, 2.75) is 0 Å². The molecule has 29 heavy (non-hydrogen) atoms. The standard InChI is InChI=1S/C23H22N4O2/c1-14(12-24)13-27-22-18-10-16(5-4-15(18)7-9-21(22)29-3)17-6-8-20(25)19(11-17)23(28)26-2/h4-11,27H,1,13,25H2,2-3H3,(H,26,28). The van der Waals surface area contributed by atoms with Crippen LogP contribution in [0.4, 0.5) is 11.4 Å². The number of amides is 1. The predicted molar refractivity (Wildman–Crippen MR) is 117 cm³/mol. The molecule has 3 aromatic rings. The second kappa shape index (κ2) is 8.36. The fourth-order valence-corrected chi connectivity index (χ4v) is 3.13. The maximum absolute atomic E-state index is 12.1. The molecule has 0 radical (unpaired) electrons. The number of carbonyl (C=O) groups excluding carboxylic acids is 1. The molecule has 6 heteroatoms. The van der Waals surface area contributed by atoms with Crippen molar-refractivity contribution < 1.29 is 9.53 Å². The summed E-state index contributed by atoms with van der Waals surface area (Å²) >= 11 is 0. The minimum atomic E-state index is -0.232. The van der Waals surface area contributed by atoms with Crippen LogP contribution in [0, 0.1) is 11.3 Å². The Morgan fingerprint density at radius 3 is 2.55 bits per heavy atom. The molecule has 0 bridgehead atoms. The Morgan fingerprint density at radius 1 is 1.17 bits per heavy atom. The van der Waals surface area contributed by atoms with Gasteiger partial charge in [0.25, 0.3) is 5.91 Å². The van der Waals surface area contributed by atoms with Crippen LogP contribution in [-0.4, -0.2) is 26.6 Å². The smallest absolute Gasteiger partial charge is 0.253 e.